The number of anilines is 2. The summed E-state index contributed by atoms with van der Waals surface area (Å²) in [5, 5.41) is 0. The summed E-state index contributed by atoms with van der Waals surface area (Å²) in [7, 11) is 0. The van der Waals surface area contributed by atoms with E-state index < -0.39 is 0 Å². The molecular weight excluding hydrogens is 232 g/mol. The second-order valence-corrected chi connectivity index (χ2v) is 5.58. The van der Waals surface area contributed by atoms with Crippen LogP contribution in [0.4, 0.5) is 11.4 Å². The maximum absolute atomic E-state index is 5.89. The molecule has 0 amide bonds. The molecular formula is C17H18N2. The van der Waals surface area contributed by atoms with Crippen molar-refractivity contribution < 1.29 is 0 Å². The molecule has 2 aromatic rings. The van der Waals surface area contributed by atoms with Crippen molar-refractivity contribution in [3.8, 4) is 0 Å². The molecule has 0 bridgehead atoms. The number of aryl methyl sites for hydroxylation is 1. The minimum atomic E-state index is 0.541. The van der Waals surface area contributed by atoms with Crippen LogP contribution in [0.2, 0.25) is 0 Å². The molecule has 0 saturated heterocycles. The Morgan fingerprint density at radius 1 is 1.00 bits per heavy atom. The van der Waals surface area contributed by atoms with Crippen LogP contribution in [0, 0.1) is 0 Å². The van der Waals surface area contributed by atoms with E-state index >= 15 is 0 Å². The third kappa shape index (κ3) is 1.63. The number of nitrogens with two attached hydrogens (primary N) is 1. The van der Waals surface area contributed by atoms with Gasteiger partial charge in [0.05, 0.1) is 6.04 Å². The first-order valence-corrected chi connectivity index (χ1v) is 7.06. The van der Waals surface area contributed by atoms with Crippen LogP contribution in [-0.2, 0) is 12.8 Å². The Labute approximate surface area is 113 Å². The Kier molecular flexibility index (Phi) is 2.31. The maximum Gasteiger partial charge on any atom is 0.0548 e. The van der Waals surface area contributed by atoms with Crippen LogP contribution in [0.3, 0.4) is 0 Å². The summed E-state index contributed by atoms with van der Waals surface area (Å²) in [6, 6.07) is 15.8. The molecule has 2 heteroatoms. The third-order valence-corrected chi connectivity index (χ3v) is 4.51. The topological polar surface area (TPSA) is 29.3 Å². The van der Waals surface area contributed by atoms with Crippen LogP contribution in [0.15, 0.2) is 42.5 Å². The number of hydrogen-bond acceptors (Lipinski definition) is 2. The highest BCUT2D eigenvalue weighted by molar-refractivity contribution is 5.61. The van der Waals surface area contributed by atoms with E-state index in [1.54, 1.807) is 0 Å². The molecule has 0 radical (unpaired) electrons. The zero-order valence-electron chi connectivity index (χ0n) is 11.0. The van der Waals surface area contributed by atoms with E-state index in [0.29, 0.717) is 6.04 Å². The number of nitrogen functional groups attached to an aromatic ring is 1. The lowest BCUT2D eigenvalue weighted by Crippen LogP contribution is -2.24. The molecule has 2 aromatic carbocycles. The molecule has 2 nitrogen and oxygen atoms in total. The SMILES string of the molecule is Nc1ccc2c(c1)CCC2N1CCc2ccccc21. The summed E-state index contributed by atoms with van der Waals surface area (Å²) in [6.07, 6.45) is 3.55. The standard InChI is InChI=1S/C17H18N2/c18-14-6-7-15-13(11-14)5-8-17(15)19-10-9-12-3-1-2-4-16(12)19/h1-4,6-7,11,17H,5,8-10,18H2. The zero-order chi connectivity index (χ0) is 12.8. The van der Waals surface area contributed by atoms with Crippen molar-refractivity contribution in [2.75, 3.05) is 17.2 Å². The predicted octanol–water partition coefficient (Wildman–Crippen LogP) is 3.32. The molecule has 1 unspecified atom stereocenters. The van der Waals surface area contributed by atoms with Gasteiger partial charge < -0.3 is 10.6 Å². The average molecular weight is 250 g/mol. The predicted molar refractivity (Wildman–Crippen MR) is 79.4 cm³/mol. The normalized spacial score (nSPS) is 20.4. The summed E-state index contributed by atoms with van der Waals surface area (Å²) in [5.74, 6) is 0. The van der Waals surface area contributed by atoms with Gasteiger partial charge in [0, 0.05) is 17.9 Å². The Morgan fingerprint density at radius 2 is 1.89 bits per heavy atom. The second kappa shape index (κ2) is 4.02. The third-order valence-electron chi connectivity index (χ3n) is 4.51. The monoisotopic (exact) mass is 250 g/mol. The Balaban J connectivity index is 1.74. The minimum absolute atomic E-state index is 0.541. The van der Waals surface area contributed by atoms with Gasteiger partial charge in [-0.3, -0.25) is 0 Å². The first-order chi connectivity index (χ1) is 9.33. The van der Waals surface area contributed by atoms with E-state index in [4.69, 9.17) is 5.73 Å². The molecule has 2 aliphatic rings. The van der Waals surface area contributed by atoms with Crippen molar-refractivity contribution in [3.05, 3.63) is 59.2 Å². The Hall–Kier alpha value is -1.96. The van der Waals surface area contributed by atoms with Crippen molar-refractivity contribution >= 4 is 11.4 Å². The van der Waals surface area contributed by atoms with Crippen LogP contribution in [-0.4, -0.2) is 6.54 Å². The molecule has 1 aliphatic carbocycles. The highest BCUT2D eigenvalue weighted by atomic mass is 15.2. The van der Waals surface area contributed by atoms with Crippen molar-refractivity contribution in [1.82, 2.24) is 0 Å². The molecule has 96 valence electrons. The van der Waals surface area contributed by atoms with Crippen LogP contribution < -0.4 is 10.6 Å². The van der Waals surface area contributed by atoms with Gasteiger partial charge in [-0.1, -0.05) is 24.3 Å². The molecule has 4 rings (SSSR count). The van der Waals surface area contributed by atoms with E-state index in [1.165, 1.54) is 35.2 Å². The summed E-state index contributed by atoms with van der Waals surface area (Å²) in [5.41, 5.74) is 12.6. The summed E-state index contributed by atoms with van der Waals surface area (Å²) in [6.45, 7) is 1.15. The molecule has 1 heterocycles. The van der Waals surface area contributed by atoms with Gasteiger partial charge in [0.25, 0.3) is 0 Å². The van der Waals surface area contributed by atoms with E-state index in [1.807, 2.05) is 6.07 Å². The Bertz CT molecular complexity index is 633. The Morgan fingerprint density at radius 3 is 2.84 bits per heavy atom. The van der Waals surface area contributed by atoms with Gasteiger partial charge in [0.2, 0.25) is 0 Å². The van der Waals surface area contributed by atoms with E-state index in [-0.39, 0.29) is 0 Å². The smallest absolute Gasteiger partial charge is 0.0548 e. The van der Waals surface area contributed by atoms with Crippen LogP contribution in [0.5, 0.6) is 0 Å². The van der Waals surface area contributed by atoms with Crippen LogP contribution in [0.25, 0.3) is 0 Å². The lowest BCUT2D eigenvalue weighted by molar-refractivity contribution is 0.633. The van der Waals surface area contributed by atoms with Gasteiger partial charge in [-0.25, -0.2) is 0 Å². The first kappa shape index (κ1) is 10.9. The largest absolute Gasteiger partial charge is 0.399 e. The van der Waals surface area contributed by atoms with Crippen LogP contribution >= 0.6 is 0 Å². The van der Waals surface area contributed by atoms with Gasteiger partial charge in [-0.05, 0) is 54.2 Å². The summed E-state index contributed by atoms with van der Waals surface area (Å²) < 4.78 is 0. The van der Waals surface area contributed by atoms with E-state index in [9.17, 15) is 0 Å². The molecule has 2 N–H and O–H groups in total. The fourth-order valence-electron chi connectivity index (χ4n) is 3.63. The number of rotatable bonds is 1. The molecule has 19 heavy (non-hydrogen) atoms. The first-order valence-electron chi connectivity index (χ1n) is 7.06. The summed E-state index contributed by atoms with van der Waals surface area (Å²) in [4.78, 5) is 2.58. The van der Waals surface area contributed by atoms with Crippen molar-refractivity contribution in [1.29, 1.82) is 0 Å². The van der Waals surface area contributed by atoms with Gasteiger partial charge in [-0.15, -0.1) is 0 Å². The van der Waals surface area contributed by atoms with Gasteiger partial charge in [-0.2, -0.15) is 0 Å². The highest BCUT2D eigenvalue weighted by Crippen LogP contribution is 2.42. The number of benzene rings is 2. The second-order valence-electron chi connectivity index (χ2n) is 5.58. The molecule has 0 aromatic heterocycles. The van der Waals surface area contributed by atoms with Crippen molar-refractivity contribution in [2.24, 2.45) is 0 Å². The minimum Gasteiger partial charge on any atom is -0.399 e. The fourth-order valence-corrected chi connectivity index (χ4v) is 3.63. The highest BCUT2D eigenvalue weighted by Gasteiger charge is 2.31. The summed E-state index contributed by atoms with van der Waals surface area (Å²) >= 11 is 0. The fraction of sp³-hybridized carbons (Fsp3) is 0.294. The molecule has 0 fully saturated rings. The lowest BCUT2D eigenvalue weighted by Gasteiger charge is -2.28. The van der Waals surface area contributed by atoms with E-state index in [2.05, 4.69) is 41.3 Å². The zero-order valence-corrected chi connectivity index (χ0v) is 11.0. The molecule has 0 saturated carbocycles. The lowest BCUT2D eigenvalue weighted by atomic mass is 10.1. The number of nitrogens with zero attached hydrogens (tertiary/aromatic N) is 1. The molecule has 0 spiro atoms. The van der Waals surface area contributed by atoms with Crippen molar-refractivity contribution in [3.63, 3.8) is 0 Å². The van der Waals surface area contributed by atoms with Crippen molar-refractivity contribution in [2.45, 2.75) is 25.3 Å². The molecule has 1 aliphatic heterocycles. The van der Waals surface area contributed by atoms with E-state index in [0.717, 1.165) is 18.7 Å². The van der Waals surface area contributed by atoms with Crippen LogP contribution in [0.1, 0.15) is 29.2 Å². The molecule has 1 atom stereocenters. The quantitative estimate of drug-likeness (QED) is 0.787. The number of hydrogen-bond donors (Lipinski definition) is 1. The number of fused-ring (bicyclic) bond motifs is 2. The van der Waals surface area contributed by atoms with Gasteiger partial charge in [0.1, 0.15) is 0 Å². The maximum atomic E-state index is 5.89. The average Bonchev–Trinajstić information content (AvgIpc) is 3.01. The number of para-hydroxylation sites is 1. The van der Waals surface area contributed by atoms with Gasteiger partial charge in [0.15, 0.2) is 0 Å². The van der Waals surface area contributed by atoms with Gasteiger partial charge >= 0.3 is 0 Å².